The summed E-state index contributed by atoms with van der Waals surface area (Å²) in [4.78, 5) is 27.8. The minimum absolute atomic E-state index is 0.0985. The Kier molecular flexibility index (Phi) is 5.50. The van der Waals surface area contributed by atoms with Crippen LogP contribution in [0.2, 0.25) is 0 Å². The number of hydrogen-bond acceptors (Lipinski definition) is 5. The van der Waals surface area contributed by atoms with Crippen molar-refractivity contribution < 1.29 is 13.9 Å². The fraction of sp³-hybridized carbons (Fsp3) is 0.318. The molecule has 1 aliphatic rings. The first kappa shape index (κ1) is 20.0. The van der Waals surface area contributed by atoms with E-state index in [1.165, 1.54) is 24.0 Å². The van der Waals surface area contributed by atoms with Crippen LogP contribution in [-0.2, 0) is 4.79 Å². The number of ether oxygens (including phenoxy) is 1. The number of benzene rings is 1. The molecule has 30 heavy (non-hydrogen) atoms. The van der Waals surface area contributed by atoms with Gasteiger partial charge < -0.3 is 14.6 Å². The zero-order chi connectivity index (χ0) is 21.3. The monoisotopic (exact) mass is 409 g/mol. The van der Waals surface area contributed by atoms with Crippen molar-refractivity contribution in [1.29, 1.82) is 0 Å². The van der Waals surface area contributed by atoms with E-state index in [0.717, 1.165) is 24.0 Å². The molecular weight excluding hydrogens is 385 g/mol. The van der Waals surface area contributed by atoms with Gasteiger partial charge in [0, 0.05) is 43.8 Å². The summed E-state index contributed by atoms with van der Waals surface area (Å²) in [5.74, 6) is 0.300. The Labute approximate surface area is 174 Å². The molecule has 156 valence electrons. The van der Waals surface area contributed by atoms with Gasteiger partial charge in [-0.1, -0.05) is 6.08 Å². The number of carbonyl (C=O) groups is 1. The number of aromatic nitrogens is 3. The molecule has 0 aliphatic carbocycles. The molecule has 1 amide bonds. The number of nitrogens with zero attached hydrogens (tertiary/aromatic N) is 4. The van der Waals surface area contributed by atoms with E-state index in [1.807, 2.05) is 6.07 Å². The number of fused-ring (bicyclic) bond motifs is 1. The van der Waals surface area contributed by atoms with Crippen molar-refractivity contribution in [3.05, 3.63) is 48.2 Å². The summed E-state index contributed by atoms with van der Waals surface area (Å²) in [7, 11) is 5.09. The number of rotatable bonds is 5. The van der Waals surface area contributed by atoms with Gasteiger partial charge in [0.25, 0.3) is 0 Å². The summed E-state index contributed by atoms with van der Waals surface area (Å²) in [6.45, 7) is 1.93. The van der Waals surface area contributed by atoms with Crippen LogP contribution in [0.4, 0.5) is 4.39 Å². The summed E-state index contributed by atoms with van der Waals surface area (Å²) < 4.78 is 19.3. The van der Waals surface area contributed by atoms with Crippen LogP contribution in [0.25, 0.3) is 27.9 Å². The molecular formula is C22H24FN5O2. The lowest BCUT2D eigenvalue weighted by molar-refractivity contribution is -0.129. The van der Waals surface area contributed by atoms with Crippen molar-refractivity contribution in [3.8, 4) is 17.0 Å². The molecule has 1 aromatic carbocycles. The van der Waals surface area contributed by atoms with Crippen molar-refractivity contribution in [3.63, 3.8) is 0 Å². The molecule has 0 fully saturated rings. The second-order valence-electron chi connectivity index (χ2n) is 7.51. The summed E-state index contributed by atoms with van der Waals surface area (Å²) in [6.07, 6.45) is 4.42. The maximum absolute atomic E-state index is 13.9. The Morgan fingerprint density at radius 3 is 2.83 bits per heavy atom. The van der Waals surface area contributed by atoms with E-state index in [-0.39, 0.29) is 11.7 Å². The lowest BCUT2D eigenvalue weighted by Gasteiger charge is -2.26. The first-order valence-electron chi connectivity index (χ1n) is 9.76. The van der Waals surface area contributed by atoms with Crippen LogP contribution in [0.3, 0.4) is 0 Å². The standard InChI is InChI=1S/C22H24FN5O2/c1-27(2)20(29)12-28-8-6-14(7-9-28)18-11-17-21(24-13-25-22(17)26-18)16-10-15(23)4-5-19(16)30-3/h4-6,10-11,13H,7-9,12H2,1-3H3,(H,24,25,26). The van der Waals surface area contributed by atoms with Gasteiger partial charge in [-0.3, -0.25) is 9.69 Å². The molecule has 8 heteroatoms. The highest BCUT2D eigenvalue weighted by atomic mass is 19.1. The number of hydrogen-bond donors (Lipinski definition) is 1. The topological polar surface area (TPSA) is 74.4 Å². The zero-order valence-electron chi connectivity index (χ0n) is 17.3. The molecule has 0 saturated carbocycles. The Balaban J connectivity index is 1.64. The number of H-pyrrole nitrogens is 1. The van der Waals surface area contributed by atoms with E-state index >= 15 is 0 Å². The Morgan fingerprint density at radius 1 is 1.30 bits per heavy atom. The highest BCUT2D eigenvalue weighted by Crippen LogP contribution is 2.35. The molecule has 0 spiro atoms. The van der Waals surface area contributed by atoms with E-state index in [2.05, 4.69) is 25.9 Å². The molecule has 3 aromatic rings. The predicted molar refractivity (Wildman–Crippen MR) is 114 cm³/mol. The van der Waals surface area contributed by atoms with Crippen molar-refractivity contribution in [2.75, 3.05) is 40.8 Å². The maximum atomic E-state index is 13.9. The van der Waals surface area contributed by atoms with Crippen molar-refractivity contribution in [1.82, 2.24) is 24.8 Å². The number of aromatic amines is 1. The van der Waals surface area contributed by atoms with Crippen LogP contribution >= 0.6 is 0 Å². The third-order valence-corrected chi connectivity index (χ3v) is 5.34. The molecule has 1 N–H and O–H groups in total. The quantitative estimate of drug-likeness (QED) is 0.701. The number of methoxy groups -OCH3 is 1. The largest absolute Gasteiger partial charge is 0.496 e. The van der Waals surface area contributed by atoms with Gasteiger partial charge in [0.15, 0.2) is 0 Å². The van der Waals surface area contributed by atoms with Gasteiger partial charge in [0.05, 0.1) is 19.3 Å². The van der Waals surface area contributed by atoms with Crippen LogP contribution in [-0.4, -0.2) is 71.5 Å². The van der Waals surface area contributed by atoms with Crippen molar-refractivity contribution in [2.24, 2.45) is 0 Å². The van der Waals surface area contributed by atoms with E-state index in [4.69, 9.17) is 4.74 Å². The Bertz CT molecular complexity index is 1120. The van der Waals surface area contributed by atoms with Crippen LogP contribution in [0.5, 0.6) is 5.75 Å². The summed E-state index contributed by atoms with van der Waals surface area (Å²) >= 11 is 0. The average molecular weight is 409 g/mol. The van der Waals surface area contributed by atoms with Gasteiger partial charge in [-0.05, 0) is 36.3 Å². The van der Waals surface area contributed by atoms with Crippen LogP contribution < -0.4 is 4.74 Å². The summed E-state index contributed by atoms with van der Waals surface area (Å²) in [5, 5.41) is 0.808. The number of nitrogens with one attached hydrogen (secondary N) is 1. The highest BCUT2D eigenvalue weighted by Gasteiger charge is 2.19. The smallest absolute Gasteiger partial charge is 0.236 e. The van der Waals surface area contributed by atoms with E-state index in [9.17, 15) is 9.18 Å². The van der Waals surface area contributed by atoms with E-state index in [0.29, 0.717) is 35.7 Å². The van der Waals surface area contributed by atoms with Gasteiger partial charge in [-0.25, -0.2) is 14.4 Å². The highest BCUT2D eigenvalue weighted by molar-refractivity contribution is 5.94. The van der Waals surface area contributed by atoms with Crippen molar-refractivity contribution in [2.45, 2.75) is 6.42 Å². The molecule has 0 unspecified atom stereocenters. The first-order chi connectivity index (χ1) is 14.5. The van der Waals surface area contributed by atoms with Gasteiger partial charge >= 0.3 is 0 Å². The average Bonchev–Trinajstić information content (AvgIpc) is 3.18. The zero-order valence-corrected chi connectivity index (χ0v) is 17.3. The number of likely N-dealkylation sites (N-methyl/N-ethyl adjacent to an activating group) is 1. The lowest BCUT2D eigenvalue weighted by atomic mass is 10.0. The van der Waals surface area contributed by atoms with Crippen LogP contribution in [0.1, 0.15) is 12.1 Å². The molecule has 0 saturated heterocycles. The predicted octanol–water partition coefficient (Wildman–Crippen LogP) is 2.95. The second-order valence-corrected chi connectivity index (χ2v) is 7.51. The number of carbonyl (C=O) groups excluding carboxylic acids is 1. The maximum Gasteiger partial charge on any atom is 0.236 e. The van der Waals surface area contributed by atoms with Crippen LogP contribution in [0.15, 0.2) is 36.7 Å². The third-order valence-electron chi connectivity index (χ3n) is 5.34. The van der Waals surface area contributed by atoms with E-state index in [1.54, 1.807) is 32.2 Å². The first-order valence-corrected chi connectivity index (χ1v) is 9.76. The van der Waals surface area contributed by atoms with Gasteiger partial charge in [-0.2, -0.15) is 0 Å². The summed E-state index contributed by atoms with van der Waals surface area (Å²) in [6, 6.07) is 6.39. The lowest BCUT2D eigenvalue weighted by Crippen LogP contribution is -2.38. The Hall–Kier alpha value is -3.26. The number of amides is 1. The normalized spacial score (nSPS) is 14.6. The molecule has 2 aromatic heterocycles. The SMILES string of the molecule is COc1ccc(F)cc1-c1ncnc2[nH]c(C3=CCN(CC(=O)N(C)C)CC3)cc12. The number of halogens is 1. The third kappa shape index (κ3) is 3.91. The molecule has 0 radical (unpaired) electrons. The molecule has 0 bridgehead atoms. The Morgan fingerprint density at radius 2 is 2.13 bits per heavy atom. The van der Waals surface area contributed by atoms with Gasteiger partial charge in [-0.15, -0.1) is 0 Å². The second kappa shape index (κ2) is 8.23. The molecule has 3 heterocycles. The minimum atomic E-state index is -0.351. The van der Waals surface area contributed by atoms with Crippen molar-refractivity contribution >= 4 is 22.5 Å². The molecule has 4 rings (SSSR count). The fourth-order valence-electron chi connectivity index (χ4n) is 3.62. The molecule has 0 atom stereocenters. The summed E-state index contributed by atoms with van der Waals surface area (Å²) in [5.41, 5.74) is 4.02. The molecule has 7 nitrogen and oxygen atoms in total. The minimum Gasteiger partial charge on any atom is -0.496 e. The fourth-order valence-corrected chi connectivity index (χ4v) is 3.62. The van der Waals surface area contributed by atoms with E-state index < -0.39 is 0 Å². The molecule has 1 aliphatic heterocycles. The van der Waals surface area contributed by atoms with Gasteiger partial charge in [0.2, 0.25) is 5.91 Å². The van der Waals surface area contributed by atoms with Gasteiger partial charge in [0.1, 0.15) is 23.5 Å². The van der Waals surface area contributed by atoms with Crippen LogP contribution in [0, 0.1) is 5.82 Å².